The number of carbonyl (C=O) groups is 4. The van der Waals surface area contributed by atoms with Gasteiger partial charge < -0.3 is 19.9 Å². The molecule has 0 fully saturated rings. The molecule has 2 heterocycles. The average molecular weight is 558 g/mol. The average Bonchev–Trinajstić information content (AvgIpc) is 3.55. The predicted molar refractivity (Wildman–Crippen MR) is 156 cm³/mol. The van der Waals surface area contributed by atoms with E-state index >= 15 is 0 Å². The minimum Gasteiger partial charge on any atom is -0.466 e. The zero-order valence-electron chi connectivity index (χ0n) is 24.0. The monoisotopic (exact) mass is 557 g/mol. The fourth-order valence-electron chi connectivity index (χ4n) is 4.81. The first-order valence-electron chi connectivity index (χ1n) is 13.6. The molecule has 4 aromatic rings. The van der Waals surface area contributed by atoms with Gasteiger partial charge in [0.05, 0.1) is 18.4 Å². The Morgan fingerprint density at radius 2 is 1.78 bits per heavy atom. The van der Waals surface area contributed by atoms with Gasteiger partial charge in [0.2, 0.25) is 5.91 Å². The number of hydrogen-bond donors (Lipinski definition) is 2. The van der Waals surface area contributed by atoms with E-state index in [0.29, 0.717) is 41.8 Å². The van der Waals surface area contributed by atoms with Crippen molar-refractivity contribution in [3.8, 4) is 0 Å². The van der Waals surface area contributed by atoms with Gasteiger partial charge in [-0.2, -0.15) is 5.10 Å². The van der Waals surface area contributed by atoms with E-state index in [-0.39, 0.29) is 30.0 Å². The number of anilines is 1. The number of benzene rings is 2. The number of hydrogen-bond acceptors (Lipinski definition) is 6. The fourth-order valence-corrected chi connectivity index (χ4v) is 4.81. The van der Waals surface area contributed by atoms with Crippen LogP contribution in [0, 0.1) is 6.92 Å². The Balaban J connectivity index is 1.64. The van der Waals surface area contributed by atoms with Crippen LogP contribution in [0.2, 0.25) is 0 Å². The molecule has 1 unspecified atom stereocenters. The highest BCUT2D eigenvalue weighted by atomic mass is 16.5. The van der Waals surface area contributed by atoms with E-state index in [2.05, 4.69) is 15.7 Å². The first kappa shape index (κ1) is 29.3. The number of carbonyl (C=O) groups excluding carboxylic acids is 4. The van der Waals surface area contributed by atoms with Crippen molar-refractivity contribution < 1.29 is 23.9 Å². The van der Waals surface area contributed by atoms with E-state index in [4.69, 9.17) is 4.74 Å². The molecule has 1 atom stereocenters. The Kier molecular flexibility index (Phi) is 9.01. The first-order chi connectivity index (χ1) is 19.6. The molecule has 2 N–H and O–H groups in total. The lowest BCUT2D eigenvalue weighted by molar-refractivity contribution is -0.143. The summed E-state index contributed by atoms with van der Waals surface area (Å²) in [5.41, 5.74) is 4.39. The standard InChI is InChI=1S/C31H35N5O5/c1-6-41-28(37)9-7-8-21-10-11-22(29(38)24-16-33-35(5)18-24)14-26(21)34-30(39)20(3)36-17-19(2)25-13-12-23(15-27(25)36)31(40)32-4/h10-18,20H,6-9H2,1-5H3,(H,32,40)(H,34,39). The van der Waals surface area contributed by atoms with Crippen LogP contribution in [0.25, 0.3) is 10.9 Å². The molecule has 0 aliphatic rings. The minimum atomic E-state index is -0.629. The second-order valence-electron chi connectivity index (χ2n) is 9.96. The summed E-state index contributed by atoms with van der Waals surface area (Å²) in [5, 5.41) is 10.7. The molecular weight excluding hydrogens is 522 g/mol. The molecule has 10 heteroatoms. The number of nitrogens with zero attached hydrogens (tertiary/aromatic N) is 3. The molecule has 214 valence electrons. The molecule has 0 saturated carbocycles. The van der Waals surface area contributed by atoms with Crippen LogP contribution in [0.15, 0.2) is 55.0 Å². The normalized spacial score (nSPS) is 11.7. The molecular formula is C31H35N5O5. The molecule has 2 aromatic carbocycles. The van der Waals surface area contributed by atoms with Crippen molar-refractivity contribution in [2.24, 2.45) is 7.05 Å². The molecule has 2 aromatic heterocycles. The quantitative estimate of drug-likeness (QED) is 0.209. The van der Waals surface area contributed by atoms with Gasteiger partial charge in [-0.15, -0.1) is 0 Å². The van der Waals surface area contributed by atoms with Gasteiger partial charge >= 0.3 is 5.97 Å². The van der Waals surface area contributed by atoms with Gasteiger partial charge in [-0.05, 0) is 62.9 Å². The van der Waals surface area contributed by atoms with Gasteiger partial charge in [0.1, 0.15) is 6.04 Å². The third kappa shape index (κ3) is 6.54. The van der Waals surface area contributed by atoms with Crippen molar-refractivity contribution in [3.05, 3.63) is 82.8 Å². The summed E-state index contributed by atoms with van der Waals surface area (Å²) in [6.07, 6.45) is 6.31. The predicted octanol–water partition coefficient (Wildman–Crippen LogP) is 4.36. The minimum absolute atomic E-state index is 0.211. The van der Waals surface area contributed by atoms with E-state index in [1.54, 1.807) is 69.2 Å². The van der Waals surface area contributed by atoms with E-state index in [0.717, 1.165) is 22.0 Å². The van der Waals surface area contributed by atoms with Crippen LogP contribution in [0.5, 0.6) is 0 Å². The van der Waals surface area contributed by atoms with Crippen LogP contribution >= 0.6 is 0 Å². The number of ether oxygens (including phenoxy) is 1. The number of ketones is 1. The maximum Gasteiger partial charge on any atom is 0.305 e. The van der Waals surface area contributed by atoms with Crippen molar-refractivity contribution in [2.45, 2.75) is 46.1 Å². The maximum atomic E-state index is 13.6. The smallest absolute Gasteiger partial charge is 0.305 e. The summed E-state index contributed by atoms with van der Waals surface area (Å²) in [6.45, 7) is 5.82. The summed E-state index contributed by atoms with van der Waals surface area (Å²) < 4.78 is 8.44. The largest absolute Gasteiger partial charge is 0.466 e. The highest BCUT2D eigenvalue weighted by Gasteiger charge is 2.21. The van der Waals surface area contributed by atoms with E-state index in [1.807, 2.05) is 23.8 Å². The Hall–Kier alpha value is -4.73. The lowest BCUT2D eigenvalue weighted by atomic mass is 9.99. The number of nitrogens with one attached hydrogen (secondary N) is 2. The Morgan fingerprint density at radius 1 is 1.02 bits per heavy atom. The van der Waals surface area contributed by atoms with Crippen LogP contribution in [0.3, 0.4) is 0 Å². The number of esters is 1. The number of aromatic nitrogens is 3. The van der Waals surface area contributed by atoms with Crippen LogP contribution in [-0.2, 0) is 27.8 Å². The highest BCUT2D eigenvalue weighted by Crippen LogP contribution is 2.28. The van der Waals surface area contributed by atoms with Crippen molar-refractivity contribution in [1.29, 1.82) is 0 Å². The third-order valence-electron chi connectivity index (χ3n) is 7.05. The van der Waals surface area contributed by atoms with Gasteiger partial charge in [0, 0.05) is 60.6 Å². The zero-order valence-corrected chi connectivity index (χ0v) is 24.0. The first-order valence-corrected chi connectivity index (χ1v) is 13.6. The van der Waals surface area contributed by atoms with Crippen LogP contribution in [0.4, 0.5) is 5.69 Å². The third-order valence-corrected chi connectivity index (χ3v) is 7.05. The lowest BCUT2D eigenvalue weighted by Gasteiger charge is -2.18. The molecule has 4 rings (SSSR count). The van der Waals surface area contributed by atoms with Gasteiger partial charge in [-0.25, -0.2) is 0 Å². The van der Waals surface area contributed by atoms with Crippen molar-refractivity contribution in [3.63, 3.8) is 0 Å². The van der Waals surface area contributed by atoms with Gasteiger partial charge in [0.15, 0.2) is 5.78 Å². The number of aryl methyl sites for hydroxylation is 3. The Labute approximate surface area is 238 Å². The molecule has 0 aliphatic heterocycles. The summed E-state index contributed by atoms with van der Waals surface area (Å²) >= 11 is 0. The van der Waals surface area contributed by atoms with Gasteiger partial charge in [-0.1, -0.05) is 18.2 Å². The maximum absolute atomic E-state index is 13.6. The van der Waals surface area contributed by atoms with Crippen LogP contribution in [-0.4, -0.2) is 51.6 Å². The molecule has 10 nitrogen and oxygen atoms in total. The van der Waals surface area contributed by atoms with Crippen molar-refractivity contribution >= 4 is 40.2 Å². The molecule has 41 heavy (non-hydrogen) atoms. The lowest BCUT2D eigenvalue weighted by Crippen LogP contribution is -2.24. The molecule has 2 amide bonds. The molecule has 0 saturated heterocycles. The van der Waals surface area contributed by atoms with Crippen molar-refractivity contribution in [1.82, 2.24) is 19.7 Å². The molecule has 0 aliphatic carbocycles. The summed E-state index contributed by atoms with van der Waals surface area (Å²) in [6, 6.07) is 9.98. The highest BCUT2D eigenvalue weighted by molar-refractivity contribution is 6.09. The number of rotatable bonds is 11. The zero-order chi connectivity index (χ0) is 29.7. The number of fused-ring (bicyclic) bond motifs is 1. The molecule has 0 bridgehead atoms. The van der Waals surface area contributed by atoms with Gasteiger partial charge in [-0.3, -0.25) is 23.9 Å². The Morgan fingerprint density at radius 3 is 2.46 bits per heavy atom. The SMILES string of the molecule is CCOC(=O)CCCc1ccc(C(=O)c2cnn(C)c2)cc1NC(=O)C(C)n1cc(C)c2ccc(C(=O)NC)cc21. The molecule has 0 spiro atoms. The fraction of sp³-hybridized carbons (Fsp3) is 0.323. The topological polar surface area (TPSA) is 124 Å². The summed E-state index contributed by atoms with van der Waals surface area (Å²) in [4.78, 5) is 50.9. The number of amides is 2. The Bertz CT molecular complexity index is 1620. The molecule has 0 radical (unpaired) electrons. The van der Waals surface area contributed by atoms with Crippen LogP contribution < -0.4 is 10.6 Å². The van der Waals surface area contributed by atoms with E-state index in [9.17, 15) is 19.2 Å². The summed E-state index contributed by atoms with van der Waals surface area (Å²) in [5.74, 6) is -0.989. The second kappa shape index (κ2) is 12.6. The summed E-state index contributed by atoms with van der Waals surface area (Å²) in [7, 11) is 3.31. The van der Waals surface area contributed by atoms with E-state index in [1.165, 1.54) is 6.20 Å². The van der Waals surface area contributed by atoms with Crippen LogP contribution in [0.1, 0.15) is 70.1 Å². The second-order valence-corrected chi connectivity index (χ2v) is 9.96. The van der Waals surface area contributed by atoms with E-state index < -0.39 is 6.04 Å². The van der Waals surface area contributed by atoms with Gasteiger partial charge in [0.25, 0.3) is 5.91 Å². The van der Waals surface area contributed by atoms with Crippen molar-refractivity contribution in [2.75, 3.05) is 19.0 Å².